The summed E-state index contributed by atoms with van der Waals surface area (Å²) in [5.74, 6) is -1.12. The lowest BCUT2D eigenvalue weighted by Crippen LogP contribution is -2.19. The lowest BCUT2D eigenvalue weighted by atomic mass is 10.2. The second-order valence-corrected chi connectivity index (χ2v) is 3.16. The minimum Gasteiger partial charge on any atom is -0.401 e. The molecule has 7 heteroatoms. The van der Waals surface area contributed by atoms with E-state index in [4.69, 9.17) is 4.42 Å². The molecule has 2 rings (SSSR count). The van der Waals surface area contributed by atoms with Gasteiger partial charge >= 0.3 is 5.88 Å². The zero-order valence-corrected chi connectivity index (χ0v) is 7.93. The van der Waals surface area contributed by atoms with Crippen LogP contribution in [0.25, 0.3) is 6.08 Å². The first-order chi connectivity index (χ1) is 7.56. The van der Waals surface area contributed by atoms with Gasteiger partial charge < -0.3 is 4.42 Å². The molecule has 0 aromatic carbocycles. The second kappa shape index (κ2) is 3.61. The predicted molar refractivity (Wildman–Crippen MR) is 51.1 cm³/mol. The molecule has 16 heavy (non-hydrogen) atoms. The Labute approximate surface area is 88.9 Å². The average molecular weight is 222 g/mol. The van der Waals surface area contributed by atoms with Gasteiger partial charge in [-0.3, -0.25) is 25.0 Å². The molecule has 0 atom stereocenters. The summed E-state index contributed by atoms with van der Waals surface area (Å²) in [5, 5.41) is 12.4. The maximum atomic E-state index is 11.2. The second-order valence-electron chi connectivity index (χ2n) is 3.16. The highest BCUT2D eigenvalue weighted by Crippen LogP contribution is 2.20. The van der Waals surface area contributed by atoms with Gasteiger partial charge in [-0.15, -0.1) is 0 Å². The number of nitrogens with one attached hydrogen (secondary N) is 1. The van der Waals surface area contributed by atoms with Crippen molar-refractivity contribution in [1.82, 2.24) is 5.32 Å². The van der Waals surface area contributed by atoms with Gasteiger partial charge in [0, 0.05) is 5.57 Å². The van der Waals surface area contributed by atoms with Gasteiger partial charge in [0.05, 0.1) is 12.5 Å². The first-order valence-corrected chi connectivity index (χ1v) is 4.35. The molecule has 0 bridgehead atoms. The lowest BCUT2D eigenvalue weighted by Gasteiger charge is -1.89. The summed E-state index contributed by atoms with van der Waals surface area (Å²) in [6, 6.07) is 2.54. The van der Waals surface area contributed by atoms with Gasteiger partial charge in [-0.1, -0.05) is 0 Å². The number of imide groups is 1. The van der Waals surface area contributed by atoms with Gasteiger partial charge in [0.25, 0.3) is 5.91 Å². The van der Waals surface area contributed by atoms with E-state index in [-0.39, 0.29) is 17.8 Å². The Morgan fingerprint density at radius 1 is 1.44 bits per heavy atom. The fraction of sp³-hybridized carbons (Fsp3) is 0.111. The molecular weight excluding hydrogens is 216 g/mol. The van der Waals surface area contributed by atoms with E-state index < -0.39 is 22.6 Å². The summed E-state index contributed by atoms with van der Waals surface area (Å²) in [6.45, 7) is 0. The standard InChI is InChI=1S/C9H6N2O5/c12-7-4-5(9(13)10-7)3-6-1-2-8(16-6)11(14)15/h1-3H,4H2,(H,10,12,13). The van der Waals surface area contributed by atoms with Crippen LogP contribution in [0.1, 0.15) is 12.2 Å². The van der Waals surface area contributed by atoms with Crippen LogP contribution in [0.2, 0.25) is 0 Å². The molecule has 1 saturated heterocycles. The molecule has 82 valence electrons. The minimum absolute atomic E-state index is 0.0344. The van der Waals surface area contributed by atoms with Gasteiger partial charge in [-0.25, -0.2) is 0 Å². The molecule has 1 N–H and O–H groups in total. The van der Waals surface area contributed by atoms with Gasteiger partial charge in [0.1, 0.15) is 10.7 Å². The summed E-state index contributed by atoms with van der Waals surface area (Å²) < 4.78 is 4.82. The number of hydrogen-bond donors (Lipinski definition) is 1. The third-order valence-corrected chi connectivity index (χ3v) is 2.00. The largest absolute Gasteiger partial charge is 0.433 e. The fourth-order valence-corrected chi connectivity index (χ4v) is 1.31. The Morgan fingerprint density at radius 2 is 2.19 bits per heavy atom. The maximum Gasteiger partial charge on any atom is 0.433 e. The predicted octanol–water partition coefficient (Wildman–Crippen LogP) is 0.618. The van der Waals surface area contributed by atoms with E-state index in [0.717, 1.165) is 0 Å². The van der Waals surface area contributed by atoms with Crippen LogP contribution < -0.4 is 5.32 Å². The first-order valence-electron chi connectivity index (χ1n) is 4.35. The number of carbonyl (C=O) groups excluding carboxylic acids is 2. The van der Waals surface area contributed by atoms with E-state index in [0.29, 0.717) is 0 Å². The molecule has 1 aliphatic heterocycles. The topological polar surface area (TPSA) is 102 Å². The number of rotatable bonds is 2. The van der Waals surface area contributed by atoms with Gasteiger partial charge in [0.15, 0.2) is 0 Å². The van der Waals surface area contributed by atoms with Crippen LogP contribution in [0.5, 0.6) is 0 Å². The molecule has 0 radical (unpaired) electrons. The van der Waals surface area contributed by atoms with Crippen molar-refractivity contribution in [3.8, 4) is 0 Å². The van der Waals surface area contributed by atoms with Crippen molar-refractivity contribution in [2.75, 3.05) is 0 Å². The molecule has 2 amide bonds. The Kier molecular flexibility index (Phi) is 2.28. The van der Waals surface area contributed by atoms with Gasteiger partial charge in [-0.05, 0) is 12.1 Å². The van der Waals surface area contributed by atoms with Crippen molar-refractivity contribution in [3.63, 3.8) is 0 Å². The van der Waals surface area contributed by atoms with E-state index in [2.05, 4.69) is 5.32 Å². The third-order valence-electron chi connectivity index (χ3n) is 2.00. The highest BCUT2D eigenvalue weighted by Gasteiger charge is 2.24. The maximum absolute atomic E-state index is 11.2. The van der Waals surface area contributed by atoms with Crippen molar-refractivity contribution < 1.29 is 18.9 Å². The summed E-state index contributed by atoms with van der Waals surface area (Å²) in [7, 11) is 0. The molecule has 7 nitrogen and oxygen atoms in total. The number of carbonyl (C=O) groups is 2. The summed E-state index contributed by atoms with van der Waals surface area (Å²) in [6.07, 6.45) is 1.28. The zero-order chi connectivity index (χ0) is 11.7. The Morgan fingerprint density at radius 3 is 2.69 bits per heavy atom. The number of nitro groups is 1. The molecule has 1 aromatic rings. The van der Waals surface area contributed by atoms with Crippen LogP contribution in [0, 0.1) is 10.1 Å². The number of furan rings is 1. The molecule has 0 unspecified atom stereocenters. The van der Waals surface area contributed by atoms with Crippen molar-refractivity contribution in [2.45, 2.75) is 6.42 Å². The van der Waals surface area contributed by atoms with Crippen LogP contribution in [0.4, 0.5) is 5.88 Å². The number of nitrogens with zero attached hydrogens (tertiary/aromatic N) is 1. The lowest BCUT2D eigenvalue weighted by molar-refractivity contribution is -0.402. The number of amides is 2. The minimum atomic E-state index is -0.679. The van der Waals surface area contributed by atoms with Crippen molar-refractivity contribution in [1.29, 1.82) is 0 Å². The SMILES string of the molecule is O=C1CC(=Cc2ccc([N+](=O)[O-])o2)C(=O)N1. The smallest absolute Gasteiger partial charge is 0.401 e. The zero-order valence-electron chi connectivity index (χ0n) is 7.93. The van der Waals surface area contributed by atoms with E-state index in [9.17, 15) is 19.7 Å². The highest BCUT2D eigenvalue weighted by molar-refractivity contribution is 6.15. The average Bonchev–Trinajstić information content (AvgIpc) is 2.75. The molecule has 2 heterocycles. The molecule has 1 aromatic heterocycles. The van der Waals surface area contributed by atoms with Crippen LogP contribution in [-0.4, -0.2) is 16.7 Å². The fourth-order valence-electron chi connectivity index (χ4n) is 1.31. The Bertz CT molecular complexity index is 514. The Balaban J connectivity index is 2.26. The highest BCUT2D eigenvalue weighted by atomic mass is 16.6. The quantitative estimate of drug-likeness (QED) is 0.342. The molecular formula is C9H6N2O5. The van der Waals surface area contributed by atoms with E-state index in [1.165, 1.54) is 18.2 Å². The number of hydrogen-bond acceptors (Lipinski definition) is 5. The van der Waals surface area contributed by atoms with Crippen LogP contribution >= 0.6 is 0 Å². The van der Waals surface area contributed by atoms with Gasteiger partial charge in [0.2, 0.25) is 5.91 Å². The van der Waals surface area contributed by atoms with E-state index >= 15 is 0 Å². The molecule has 1 aliphatic rings. The van der Waals surface area contributed by atoms with E-state index in [1.807, 2.05) is 0 Å². The molecule has 1 fully saturated rings. The summed E-state index contributed by atoms with van der Waals surface area (Å²) in [4.78, 5) is 31.7. The van der Waals surface area contributed by atoms with Crippen LogP contribution in [0.3, 0.4) is 0 Å². The molecule has 0 saturated carbocycles. The normalized spacial score (nSPS) is 17.9. The van der Waals surface area contributed by atoms with Crippen molar-refractivity contribution in [3.05, 3.63) is 33.6 Å². The third kappa shape index (κ3) is 1.83. The van der Waals surface area contributed by atoms with Crippen molar-refractivity contribution in [2.24, 2.45) is 0 Å². The first kappa shape index (κ1) is 10.1. The van der Waals surface area contributed by atoms with Crippen LogP contribution in [0.15, 0.2) is 22.1 Å². The molecule has 0 aliphatic carbocycles. The van der Waals surface area contributed by atoms with E-state index in [1.54, 1.807) is 0 Å². The molecule has 0 spiro atoms. The summed E-state index contributed by atoms with van der Waals surface area (Å²) in [5.41, 5.74) is 0.231. The monoisotopic (exact) mass is 222 g/mol. The summed E-state index contributed by atoms with van der Waals surface area (Å²) >= 11 is 0. The van der Waals surface area contributed by atoms with Gasteiger partial charge in [-0.2, -0.15) is 0 Å². The van der Waals surface area contributed by atoms with Crippen LogP contribution in [-0.2, 0) is 9.59 Å². The Hall–Kier alpha value is -2.44. The van der Waals surface area contributed by atoms with Crippen molar-refractivity contribution >= 4 is 23.8 Å².